The van der Waals surface area contributed by atoms with Crippen LogP contribution >= 0.6 is 22.9 Å². The van der Waals surface area contributed by atoms with E-state index in [0.29, 0.717) is 5.88 Å². The lowest BCUT2D eigenvalue weighted by Gasteiger charge is -2.31. The minimum absolute atomic E-state index is 0.0508. The maximum Gasteiger partial charge on any atom is 0.135 e. The van der Waals surface area contributed by atoms with Crippen LogP contribution in [0.3, 0.4) is 0 Å². The number of thiophene rings is 1. The lowest BCUT2D eigenvalue weighted by atomic mass is 9.95. The summed E-state index contributed by atoms with van der Waals surface area (Å²) >= 11 is 7.85. The summed E-state index contributed by atoms with van der Waals surface area (Å²) in [4.78, 5) is 4.44. The van der Waals surface area contributed by atoms with E-state index in [1.807, 2.05) is 12.3 Å². The quantitative estimate of drug-likeness (QED) is 0.808. The predicted octanol–water partition coefficient (Wildman–Crippen LogP) is 4.51. The van der Waals surface area contributed by atoms with Gasteiger partial charge in [0.05, 0.1) is 5.54 Å². The monoisotopic (exact) mass is 268 g/mol. The van der Waals surface area contributed by atoms with Gasteiger partial charge in [-0.05, 0) is 30.4 Å². The van der Waals surface area contributed by atoms with E-state index in [2.05, 4.69) is 35.6 Å². The molecule has 0 atom stereocenters. The normalized spacial score (nSPS) is 11.9. The Morgan fingerprint density at radius 2 is 2.12 bits per heavy atom. The Bertz CT molecular complexity index is 483. The molecule has 0 saturated heterocycles. The second-order valence-electron chi connectivity index (χ2n) is 4.24. The molecule has 0 aliphatic heterocycles. The summed E-state index contributed by atoms with van der Waals surface area (Å²) in [6.07, 6.45) is 3.84. The number of nitrogens with one attached hydrogen (secondary N) is 1. The third kappa shape index (κ3) is 2.40. The highest BCUT2D eigenvalue weighted by Crippen LogP contribution is 2.30. The second kappa shape index (κ2) is 5.23. The first-order valence-electron chi connectivity index (χ1n) is 5.91. The number of anilines is 1. The molecule has 0 unspecified atom stereocenters. The molecular weight excluding hydrogens is 252 g/mol. The number of alkyl halides is 1. The molecule has 0 spiro atoms. The number of hydrogen-bond donors (Lipinski definition) is 1. The lowest BCUT2D eigenvalue weighted by molar-refractivity contribution is 0.483. The number of fused-ring (bicyclic) bond motifs is 1. The molecule has 17 heavy (non-hydrogen) atoms. The van der Waals surface area contributed by atoms with Gasteiger partial charge in [-0.25, -0.2) is 4.98 Å². The molecule has 1 N–H and O–H groups in total. The molecule has 0 amide bonds. The zero-order chi connectivity index (χ0) is 12.3. The van der Waals surface area contributed by atoms with Crippen molar-refractivity contribution in [2.24, 2.45) is 0 Å². The van der Waals surface area contributed by atoms with Crippen molar-refractivity contribution >= 4 is 38.8 Å². The van der Waals surface area contributed by atoms with E-state index in [-0.39, 0.29) is 5.54 Å². The van der Waals surface area contributed by atoms with Gasteiger partial charge in [0.1, 0.15) is 5.82 Å². The standard InChI is InChI=1S/C13H17ClN2S/c1-3-13(4-2,9-14)16-12-10-6-8-17-11(10)5-7-15-12/h5-8H,3-4,9H2,1-2H3,(H,15,16). The summed E-state index contributed by atoms with van der Waals surface area (Å²) in [6.45, 7) is 4.32. The fourth-order valence-electron chi connectivity index (χ4n) is 1.89. The number of hydrogen-bond acceptors (Lipinski definition) is 3. The van der Waals surface area contributed by atoms with E-state index in [1.165, 1.54) is 10.1 Å². The van der Waals surface area contributed by atoms with E-state index in [4.69, 9.17) is 11.6 Å². The zero-order valence-corrected chi connectivity index (χ0v) is 11.7. The van der Waals surface area contributed by atoms with Gasteiger partial charge in [0.25, 0.3) is 0 Å². The summed E-state index contributed by atoms with van der Waals surface area (Å²) in [5.41, 5.74) is -0.0508. The molecule has 0 aliphatic rings. The van der Waals surface area contributed by atoms with Crippen LogP contribution in [0.15, 0.2) is 23.7 Å². The van der Waals surface area contributed by atoms with E-state index in [9.17, 15) is 0 Å². The largest absolute Gasteiger partial charge is 0.363 e. The predicted molar refractivity (Wildman–Crippen MR) is 77.3 cm³/mol. The molecule has 2 heterocycles. The van der Waals surface area contributed by atoms with Crippen LogP contribution in [0.1, 0.15) is 26.7 Å². The number of nitrogens with zero attached hydrogens (tertiary/aromatic N) is 1. The molecule has 2 nitrogen and oxygen atoms in total. The van der Waals surface area contributed by atoms with Crippen LogP contribution in [0.25, 0.3) is 10.1 Å². The van der Waals surface area contributed by atoms with Crippen LogP contribution in [-0.2, 0) is 0 Å². The van der Waals surface area contributed by atoms with E-state index in [0.717, 1.165) is 18.7 Å². The highest BCUT2D eigenvalue weighted by molar-refractivity contribution is 7.17. The maximum atomic E-state index is 6.11. The summed E-state index contributed by atoms with van der Waals surface area (Å²) in [6, 6.07) is 4.16. The van der Waals surface area contributed by atoms with Crippen LogP contribution in [0, 0.1) is 0 Å². The first kappa shape index (κ1) is 12.7. The lowest BCUT2D eigenvalue weighted by Crippen LogP contribution is -2.39. The van der Waals surface area contributed by atoms with Gasteiger partial charge >= 0.3 is 0 Å². The Kier molecular flexibility index (Phi) is 3.89. The van der Waals surface area contributed by atoms with Gasteiger partial charge in [0.2, 0.25) is 0 Å². The van der Waals surface area contributed by atoms with E-state index >= 15 is 0 Å². The zero-order valence-electron chi connectivity index (χ0n) is 10.2. The summed E-state index contributed by atoms with van der Waals surface area (Å²) < 4.78 is 1.26. The minimum atomic E-state index is -0.0508. The molecule has 0 aliphatic carbocycles. The number of rotatable bonds is 5. The fraction of sp³-hybridized carbons (Fsp3) is 0.462. The smallest absolute Gasteiger partial charge is 0.135 e. The first-order chi connectivity index (χ1) is 8.24. The van der Waals surface area contributed by atoms with Crippen LogP contribution in [0.4, 0.5) is 5.82 Å². The molecule has 2 aromatic heterocycles. The molecule has 0 aromatic carbocycles. The van der Waals surface area contributed by atoms with Crippen molar-refractivity contribution in [3.63, 3.8) is 0 Å². The maximum absolute atomic E-state index is 6.11. The van der Waals surface area contributed by atoms with Gasteiger partial charge < -0.3 is 5.32 Å². The minimum Gasteiger partial charge on any atom is -0.363 e. The molecule has 2 rings (SSSR count). The highest BCUT2D eigenvalue weighted by Gasteiger charge is 2.25. The van der Waals surface area contributed by atoms with Crippen LogP contribution in [0.2, 0.25) is 0 Å². The molecule has 0 fully saturated rings. The van der Waals surface area contributed by atoms with Crippen molar-refractivity contribution in [3.05, 3.63) is 23.7 Å². The van der Waals surface area contributed by atoms with Gasteiger partial charge in [-0.3, -0.25) is 0 Å². The summed E-state index contributed by atoms with van der Waals surface area (Å²) in [5, 5.41) is 6.82. The van der Waals surface area contributed by atoms with Gasteiger partial charge in [-0.2, -0.15) is 0 Å². The Balaban J connectivity index is 2.37. The number of pyridine rings is 1. The fourth-order valence-corrected chi connectivity index (χ4v) is 3.12. The van der Waals surface area contributed by atoms with Crippen LogP contribution in [0.5, 0.6) is 0 Å². The van der Waals surface area contributed by atoms with Gasteiger partial charge in [-0.1, -0.05) is 13.8 Å². The number of halogens is 1. The van der Waals surface area contributed by atoms with Crippen molar-refractivity contribution in [2.45, 2.75) is 32.2 Å². The Labute approximate surface area is 111 Å². The van der Waals surface area contributed by atoms with E-state index in [1.54, 1.807) is 11.3 Å². The third-order valence-electron chi connectivity index (χ3n) is 3.37. The van der Waals surface area contributed by atoms with Crippen molar-refractivity contribution in [2.75, 3.05) is 11.2 Å². The molecule has 0 saturated carbocycles. The summed E-state index contributed by atoms with van der Waals surface area (Å²) in [7, 11) is 0. The topological polar surface area (TPSA) is 24.9 Å². The second-order valence-corrected chi connectivity index (χ2v) is 5.45. The van der Waals surface area contributed by atoms with Crippen molar-refractivity contribution in [3.8, 4) is 0 Å². The van der Waals surface area contributed by atoms with Crippen LogP contribution < -0.4 is 5.32 Å². The first-order valence-corrected chi connectivity index (χ1v) is 7.32. The average molecular weight is 269 g/mol. The Morgan fingerprint density at radius 3 is 2.76 bits per heavy atom. The van der Waals surface area contributed by atoms with Crippen molar-refractivity contribution in [1.29, 1.82) is 0 Å². The number of aromatic nitrogens is 1. The van der Waals surface area contributed by atoms with Gasteiger partial charge in [-0.15, -0.1) is 22.9 Å². The molecule has 92 valence electrons. The summed E-state index contributed by atoms with van der Waals surface area (Å²) in [5.74, 6) is 1.55. The SMILES string of the molecule is CCC(CC)(CCl)Nc1nccc2sccc12. The molecule has 0 radical (unpaired) electrons. The van der Waals surface area contributed by atoms with Gasteiger partial charge in [0.15, 0.2) is 0 Å². The molecular formula is C13H17ClN2S. The highest BCUT2D eigenvalue weighted by atomic mass is 35.5. The molecule has 4 heteroatoms. The molecule has 2 aromatic rings. The Morgan fingerprint density at radius 1 is 1.35 bits per heavy atom. The third-order valence-corrected chi connectivity index (χ3v) is 4.77. The van der Waals surface area contributed by atoms with Crippen molar-refractivity contribution < 1.29 is 0 Å². The van der Waals surface area contributed by atoms with Crippen molar-refractivity contribution in [1.82, 2.24) is 4.98 Å². The average Bonchev–Trinajstić information content (AvgIpc) is 2.85. The van der Waals surface area contributed by atoms with Gasteiger partial charge in [0, 0.05) is 22.2 Å². The van der Waals surface area contributed by atoms with Crippen LogP contribution in [-0.4, -0.2) is 16.4 Å². The Hall–Kier alpha value is -0.800. The van der Waals surface area contributed by atoms with E-state index < -0.39 is 0 Å². The molecule has 0 bridgehead atoms.